The number of hydrogen-bond acceptors (Lipinski definition) is 0. The topological polar surface area (TPSA) is 0 Å². The summed E-state index contributed by atoms with van der Waals surface area (Å²) in [6.07, 6.45) is 6.34. The number of halogens is 2. The molecule has 3 aliphatic carbocycles. The van der Waals surface area contributed by atoms with Crippen LogP contribution < -0.4 is 0 Å². The highest BCUT2D eigenvalue weighted by molar-refractivity contribution is 6.37. The van der Waals surface area contributed by atoms with Crippen LogP contribution in [0.5, 0.6) is 0 Å². The summed E-state index contributed by atoms with van der Waals surface area (Å²) in [5, 5.41) is 1.06. The first-order valence-corrected chi connectivity index (χ1v) is 5.60. The first kappa shape index (κ1) is 7.70. The minimum absolute atomic E-state index is 0.137. The second-order valence-corrected chi connectivity index (χ2v) is 5.33. The Morgan fingerprint density at radius 1 is 1.17 bits per heavy atom. The average Bonchev–Trinajstić information content (AvgIpc) is 2.15. The lowest BCUT2D eigenvalue weighted by Crippen LogP contribution is -2.29. The molecule has 0 aromatic heterocycles. The fraction of sp³-hybridized carbons (Fsp3) is 0.800. The Labute approximate surface area is 82.9 Å². The molecule has 2 saturated carbocycles. The van der Waals surface area contributed by atoms with Gasteiger partial charge in [0, 0.05) is 5.03 Å². The van der Waals surface area contributed by atoms with E-state index in [9.17, 15) is 0 Å². The molecule has 0 saturated heterocycles. The van der Waals surface area contributed by atoms with Gasteiger partial charge in [-0.05, 0) is 42.9 Å². The quantitative estimate of drug-likeness (QED) is 0.529. The molecule has 2 heteroatoms. The third-order valence-corrected chi connectivity index (χ3v) is 5.07. The average molecular weight is 203 g/mol. The lowest BCUT2D eigenvalue weighted by atomic mass is 9.71. The maximum Gasteiger partial charge on any atom is 0.0720 e. The van der Waals surface area contributed by atoms with Gasteiger partial charge >= 0.3 is 0 Å². The van der Waals surface area contributed by atoms with E-state index in [4.69, 9.17) is 23.2 Å². The van der Waals surface area contributed by atoms with Crippen LogP contribution in [0.15, 0.2) is 11.1 Å². The number of fused-ring (bicyclic) bond motifs is 5. The van der Waals surface area contributed by atoms with Crippen molar-refractivity contribution in [1.82, 2.24) is 0 Å². The fourth-order valence-electron chi connectivity index (χ4n) is 3.31. The molecule has 66 valence electrons. The zero-order valence-corrected chi connectivity index (χ0v) is 8.35. The maximum absolute atomic E-state index is 6.25. The van der Waals surface area contributed by atoms with Gasteiger partial charge in [-0.1, -0.05) is 17.7 Å². The first-order valence-electron chi connectivity index (χ1n) is 4.78. The molecular formula is C10H12Cl2. The summed E-state index contributed by atoms with van der Waals surface area (Å²) in [5.41, 5.74) is 0. The van der Waals surface area contributed by atoms with E-state index in [1.165, 1.54) is 19.3 Å². The van der Waals surface area contributed by atoms with Crippen molar-refractivity contribution >= 4 is 23.2 Å². The van der Waals surface area contributed by atoms with Crippen LogP contribution in [0.4, 0.5) is 0 Å². The smallest absolute Gasteiger partial charge is 0.0720 e. The Morgan fingerprint density at radius 2 is 1.92 bits per heavy atom. The van der Waals surface area contributed by atoms with E-state index in [0.29, 0.717) is 5.92 Å². The van der Waals surface area contributed by atoms with E-state index in [-0.39, 0.29) is 5.38 Å². The molecule has 2 bridgehead atoms. The van der Waals surface area contributed by atoms with E-state index >= 15 is 0 Å². The predicted molar refractivity (Wildman–Crippen MR) is 51.4 cm³/mol. The SMILES string of the molecule is ClC1=CC2CC(C1Cl)C1CCC21. The summed E-state index contributed by atoms with van der Waals surface area (Å²) in [5.74, 6) is 3.32. The van der Waals surface area contributed by atoms with Crippen molar-refractivity contribution in [3.05, 3.63) is 11.1 Å². The summed E-state index contributed by atoms with van der Waals surface area (Å²) in [6.45, 7) is 0. The molecule has 0 N–H and O–H groups in total. The fourth-order valence-corrected chi connectivity index (χ4v) is 3.99. The monoisotopic (exact) mass is 202 g/mol. The third kappa shape index (κ3) is 0.807. The molecule has 5 unspecified atom stereocenters. The van der Waals surface area contributed by atoms with Crippen LogP contribution in [0.25, 0.3) is 0 Å². The molecule has 3 rings (SSSR count). The Bertz CT molecular complexity index is 246. The number of alkyl halides is 1. The molecule has 3 aliphatic rings. The van der Waals surface area contributed by atoms with Crippen LogP contribution in [-0.2, 0) is 0 Å². The van der Waals surface area contributed by atoms with Gasteiger partial charge in [-0.3, -0.25) is 0 Å². The molecule has 0 aromatic rings. The van der Waals surface area contributed by atoms with Crippen LogP contribution in [0, 0.1) is 23.7 Å². The highest BCUT2D eigenvalue weighted by atomic mass is 35.5. The van der Waals surface area contributed by atoms with Gasteiger partial charge in [0.15, 0.2) is 0 Å². The number of allylic oxidation sites excluding steroid dienone is 2. The summed E-state index contributed by atoms with van der Waals surface area (Å²) >= 11 is 12.3. The van der Waals surface area contributed by atoms with E-state index in [2.05, 4.69) is 6.08 Å². The van der Waals surface area contributed by atoms with Gasteiger partial charge in [0.25, 0.3) is 0 Å². The molecule has 0 heterocycles. The van der Waals surface area contributed by atoms with Crippen LogP contribution in [0.3, 0.4) is 0 Å². The summed E-state index contributed by atoms with van der Waals surface area (Å²) in [4.78, 5) is 0. The molecule has 0 nitrogen and oxygen atoms in total. The standard InChI is InChI=1S/C10H12Cl2/c11-9-4-5-3-8(10(9)12)7-2-1-6(5)7/h4-8,10H,1-3H2. The third-order valence-electron chi connectivity index (χ3n) is 4.04. The summed E-state index contributed by atoms with van der Waals surface area (Å²) in [7, 11) is 0. The van der Waals surface area contributed by atoms with Crippen LogP contribution in [-0.4, -0.2) is 5.38 Å². The Morgan fingerprint density at radius 3 is 2.58 bits per heavy atom. The van der Waals surface area contributed by atoms with Gasteiger partial charge in [0.1, 0.15) is 0 Å². The Hall–Kier alpha value is 0.320. The summed E-state index contributed by atoms with van der Waals surface area (Å²) < 4.78 is 0. The van der Waals surface area contributed by atoms with Crippen LogP contribution in [0.2, 0.25) is 0 Å². The Balaban J connectivity index is 1.98. The highest BCUT2D eigenvalue weighted by Gasteiger charge is 2.52. The van der Waals surface area contributed by atoms with Crippen molar-refractivity contribution in [1.29, 1.82) is 0 Å². The molecule has 0 amide bonds. The zero-order chi connectivity index (χ0) is 8.29. The second-order valence-electron chi connectivity index (χ2n) is 4.42. The van der Waals surface area contributed by atoms with Gasteiger partial charge in [-0.15, -0.1) is 11.6 Å². The van der Waals surface area contributed by atoms with E-state index in [1.54, 1.807) is 0 Å². The van der Waals surface area contributed by atoms with Gasteiger partial charge in [0.2, 0.25) is 0 Å². The lowest BCUT2D eigenvalue weighted by molar-refractivity contribution is 0.162. The van der Waals surface area contributed by atoms with E-state index in [1.807, 2.05) is 0 Å². The van der Waals surface area contributed by atoms with E-state index < -0.39 is 0 Å². The first-order chi connectivity index (χ1) is 5.77. The van der Waals surface area contributed by atoms with Crippen molar-refractivity contribution < 1.29 is 0 Å². The van der Waals surface area contributed by atoms with Crippen molar-refractivity contribution in [3.8, 4) is 0 Å². The van der Waals surface area contributed by atoms with Crippen molar-refractivity contribution in [3.63, 3.8) is 0 Å². The molecule has 2 fully saturated rings. The van der Waals surface area contributed by atoms with Gasteiger partial charge in [-0.2, -0.15) is 0 Å². The number of rotatable bonds is 0. The molecular weight excluding hydrogens is 191 g/mol. The molecule has 5 atom stereocenters. The van der Waals surface area contributed by atoms with Gasteiger partial charge in [-0.25, -0.2) is 0 Å². The zero-order valence-electron chi connectivity index (χ0n) is 6.84. The second kappa shape index (κ2) is 2.42. The van der Waals surface area contributed by atoms with Gasteiger partial charge in [0.05, 0.1) is 5.38 Å². The molecule has 0 radical (unpaired) electrons. The Kier molecular flexibility index (Phi) is 1.55. The molecule has 0 aromatic carbocycles. The maximum atomic E-state index is 6.25. The van der Waals surface area contributed by atoms with Crippen LogP contribution in [0.1, 0.15) is 19.3 Å². The predicted octanol–water partition coefficient (Wildman–Crippen LogP) is 3.39. The van der Waals surface area contributed by atoms with Crippen molar-refractivity contribution in [2.24, 2.45) is 23.7 Å². The molecule has 0 aliphatic heterocycles. The molecule has 12 heavy (non-hydrogen) atoms. The largest absolute Gasteiger partial charge is 0.117 e. The highest BCUT2D eigenvalue weighted by Crippen LogP contribution is 2.59. The van der Waals surface area contributed by atoms with Crippen molar-refractivity contribution in [2.45, 2.75) is 24.6 Å². The van der Waals surface area contributed by atoms with Crippen molar-refractivity contribution in [2.75, 3.05) is 0 Å². The normalized spacial score (nSPS) is 55.8. The number of hydrogen-bond donors (Lipinski definition) is 0. The van der Waals surface area contributed by atoms with E-state index in [0.717, 1.165) is 22.8 Å². The minimum Gasteiger partial charge on any atom is -0.117 e. The summed E-state index contributed by atoms with van der Waals surface area (Å²) in [6, 6.07) is 0. The van der Waals surface area contributed by atoms with Gasteiger partial charge < -0.3 is 0 Å². The molecule has 0 spiro atoms. The minimum atomic E-state index is 0.137. The lowest BCUT2D eigenvalue weighted by Gasteiger charge is -2.35. The van der Waals surface area contributed by atoms with Crippen LogP contribution >= 0.6 is 23.2 Å².